The van der Waals surface area contributed by atoms with Crippen molar-refractivity contribution in [1.82, 2.24) is 5.32 Å². The normalized spacial score (nSPS) is 16.1. The first-order chi connectivity index (χ1) is 9.16. The van der Waals surface area contributed by atoms with Crippen molar-refractivity contribution in [3.63, 3.8) is 0 Å². The van der Waals surface area contributed by atoms with Gasteiger partial charge in [0.15, 0.2) is 0 Å². The molecule has 0 bridgehead atoms. The van der Waals surface area contributed by atoms with Gasteiger partial charge in [-0.25, -0.2) is 0 Å². The van der Waals surface area contributed by atoms with Crippen molar-refractivity contribution < 1.29 is 0 Å². The van der Waals surface area contributed by atoms with Crippen LogP contribution in [-0.4, -0.2) is 19.6 Å². The topological polar surface area (TPSA) is 15.3 Å². The summed E-state index contributed by atoms with van der Waals surface area (Å²) in [5, 5.41) is 3.50. The van der Waals surface area contributed by atoms with Gasteiger partial charge in [0.05, 0.1) is 0 Å². The van der Waals surface area contributed by atoms with E-state index in [1.165, 1.54) is 48.1 Å². The van der Waals surface area contributed by atoms with E-state index in [1.54, 1.807) is 0 Å². The van der Waals surface area contributed by atoms with Gasteiger partial charge in [-0.15, -0.1) is 0 Å². The van der Waals surface area contributed by atoms with Crippen LogP contribution in [0.25, 0.3) is 0 Å². The molecule has 0 radical (unpaired) electrons. The van der Waals surface area contributed by atoms with Gasteiger partial charge in [-0.1, -0.05) is 35.8 Å². The molecule has 0 atom stereocenters. The third-order valence-electron chi connectivity index (χ3n) is 3.63. The van der Waals surface area contributed by atoms with E-state index in [4.69, 9.17) is 0 Å². The van der Waals surface area contributed by atoms with Crippen molar-refractivity contribution in [3.8, 4) is 0 Å². The summed E-state index contributed by atoms with van der Waals surface area (Å²) in [6, 6.07) is 6.79. The zero-order valence-electron chi connectivity index (χ0n) is 12.1. The summed E-state index contributed by atoms with van der Waals surface area (Å²) < 4.78 is 1.23. The van der Waals surface area contributed by atoms with Crippen molar-refractivity contribution >= 4 is 21.6 Å². The van der Waals surface area contributed by atoms with Gasteiger partial charge in [0.25, 0.3) is 0 Å². The van der Waals surface area contributed by atoms with Gasteiger partial charge in [-0.2, -0.15) is 0 Å². The average molecular weight is 325 g/mol. The molecule has 2 rings (SSSR count). The third-order valence-corrected chi connectivity index (χ3v) is 4.36. The highest BCUT2D eigenvalue weighted by atomic mass is 79.9. The van der Waals surface area contributed by atoms with Crippen LogP contribution in [-0.2, 0) is 6.54 Å². The van der Waals surface area contributed by atoms with E-state index in [1.807, 2.05) is 0 Å². The SMILES string of the molecule is CC(C)CNCc1ccc(N2CCCCC2)cc1Br. The van der Waals surface area contributed by atoms with Crippen LogP contribution in [0.2, 0.25) is 0 Å². The fraction of sp³-hybridized carbons (Fsp3) is 0.625. The molecule has 1 aromatic carbocycles. The minimum Gasteiger partial charge on any atom is -0.372 e. The van der Waals surface area contributed by atoms with Crippen molar-refractivity contribution in [1.29, 1.82) is 0 Å². The Kier molecular flexibility index (Phi) is 5.71. The molecule has 0 saturated carbocycles. The molecular weight excluding hydrogens is 300 g/mol. The predicted octanol–water partition coefficient (Wildman–Crippen LogP) is 4.19. The van der Waals surface area contributed by atoms with E-state index < -0.39 is 0 Å². The summed E-state index contributed by atoms with van der Waals surface area (Å²) in [4.78, 5) is 2.50. The number of halogens is 1. The highest BCUT2D eigenvalue weighted by Gasteiger charge is 2.12. The van der Waals surface area contributed by atoms with Crippen LogP contribution in [0.4, 0.5) is 5.69 Å². The molecule has 1 fully saturated rings. The van der Waals surface area contributed by atoms with Gasteiger partial charge in [0.1, 0.15) is 0 Å². The van der Waals surface area contributed by atoms with Crippen LogP contribution in [0, 0.1) is 5.92 Å². The lowest BCUT2D eigenvalue weighted by molar-refractivity contribution is 0.551. The molecule has 1 heterocycles. The molecule has 106 valence electrons. The van der Waals surface area contributed by atoms with E-state index in [9.17, 15) is 0 Å². The molecular formula is C16H25BrN2. The molecule has 0 spiro atoms. The Bertz CT molecular complexity index is 398. The standard InChI is InChI=1S/C16H25BrN2/c1-13(2)11-18-12-14-6-7-15(10-16(14)17)19-8-4-3-5-9-19/h6-7,10,13,18H,3-5,8-9,11-12H2,1-2H3. The summed E-state index contributed by atoms with van der Waals surface area (Å²) in [6.07, 6.45) is 4.04. The van der Waals surface area contributed by atoms with Crippen LogP contribution < -0.4 is 10.2 Å². The molecule has 0 amide bonds. The Hall–Kier alpha value is -0.540. The van der Waals surface area contributed by atoms with E-state index in [-0.39, 0.29) is 0 Å². The highest BCUT2D eigenvalue weighted by molar-refractivity contribution is 9.10. The monoisotopic (exact) mass is 324 g/mol. The Morgan fingerprint density at radius 1 is 1.21 bits per heavy atom. The Morgan fingerprint density at radius 3 is 2.58 bits per heavy atom. The number of hydrogen-bond donors (Lipinski definition) is 1. The second-order valence-corrected chi connectivity index (χ2v) is 6.70. The predicted molar refractivity (Wildman–Crippen MR) is 86.8 cm³/mol. The number of rotatable bonds is 5. The van der Waals surface area contributed by atoms with Gasteiger partial charge >= 0.3 is 0 Å². The number of nitrogens with zero attached hydrogens (tertiary/aromatic N) is 1. The van der Waals surface area contributed by atoms with Crippen molar-refractivity contribution in [2.24, 2.45) is 5.92 Å². The van der Waals surface area contributed by atoms with Crippen LogP contribution >= 0.6 is 15.9 Å². The molecule has 0 aromatic heterocycles. The van der Waals surface area contributed by atoms with Gasteiger partial charge < -0.3 is 10.2 Å². The first-order valence-electron chi connectivity index (χ1n) is 7.41. The maximum Gasteiger partial charge on any atom is 0.0377 e. The average Bonchev–Trinajstić information content (AvgIpc) is 2.41. The second kappa shape index (κ2) is 7.30. The van der Waals surface area contributed by atoms with Gasteiger partial charge in [0, 0.05) is 29.8 Å². The lowest BCUT2D eigenvalue weighted by Gasteiger charge is -2.29. The van der Waals surface area contributed by atoms with Gasteiger partial charge in [-0.05, 0) is 49.4 Å². The molecule has 1 aliphatic rings. The molecule has 19 heavy (non-hydrogen) atoms. The number of piperidine rings is 1. The molecule has 0 unspecified atom stereocenters. The minimum atomic E-state index is 0.700. The number of nitrogens with one attached hydrogen (secondary N) is 1. The summed E-state index contributed by atoms with van der Waals surface area (Å²) in [5.41, 5.74) is 2.71. The van der Waals surface area contributed by atoms with Crippen molar-refractivity contribution in [2.75, 3.05) is 24.5 Å². The zero-order valence-corrected chi connectivity index (χ0v) is 13.7. The fourth-order valence-electron chi connectivity index (χ4n) is 2.52. The number of anilines is 1. The third kappa shape index (κ3) is 4.50. The molecule has 3 heteroatoms. The minimum absolute atomic E-state index is 0.700. The molecule has 1 aromatic rings. The lowest BCUT2D eigenvalue weighted by atomic mass is 10.1. The van der Waals surface area contributed by atoms with Crippen LogP contribution in [0.1, 0.15) is 38.7 Å². The number of hydrogen-bond acceptors (Lipinski definition) is 2. The molecule has 1 N–H and O–H groups in total. The van der Waals surface area contributed by atoms with E-state index >= 15 is 0 Å². The summed E-state index contributed by atoms with van der Waals surface area (Å²) in [7, 11) is 0. The maximum atomic E-state index is 3.71. The first-order valence-corrected chi connectivity index (χ1v) is 8.20. The second-order valence-electron chi connectivity index (χ2n) is 5.85. The number of benzene rings is 1. The van der Waals surface area contributed by atoms with Crippen molar-refractivity contribution in [3.05, 3.63) is 28.2 Å². The van der Waals surface area contributed by atoms with Gasteiger partial charge in [0.2, 0.25) is 0 Å². The Balaban J connectivity index is 1.96. The van der Waals surface area contributed by atoms with Crippen LogP contribution in [0.15, 0.2) is 22.7 Å². The van der Waals surface area contributed by atoms with Crippen LogP contribution in [0.3, 0.4) is 0 Å². The summed E-state index contributed by atoms with van der Waals surface area (Å²) in [6.45, 7) is 8.90. The first kappa shape index (κ1) is 14.9. The smallest absolute Gasteiger partial charge is 0.0377 e. The Labute approximate surface area is 125 Å². The molecule has 0 aliphatic carbocycles. The summed E-state index contributed by atoms with van der Waals surface area (Å²) >= 11 is 3.71. The van der Waals surface area contributed by atoms with Crippen LogP contribution in [0.5, 0.6) is 0 Å². The quantitative estimate of drug-likeness (QED) is 0.873. The van der Waals surface area contributed by atoms with Gasteiger partial charge in [-0.3, -0.25) is 0 Å². The molecule has 1 saturated heterocycles. The highest BCUT2D eigenvalue weighted by Crippen LogP contribution is 2.26. The largest absolute Gasteiger partial charge is 0.372 e. The summed E-state index contributed by atoms with van der Waals surface area (Å²) in [5.74, 6) is 0.700. The van der Waals surface area contributed by atoms with E-state index in [0.29, 0.717) is 5.92 Å². The lowest BCUT2D eigenvalue weighted by Crippen LogP contribution is -2.29. The molecule has 2 nitrogen and oxygen atoms in total. The van der Waals surface area contributed by atoms with E-state index in [2.05, 4.69) is 58.2 Å². The zero-order chi connectivity index (χ0) is 13.7. The fourth-order valence-corrected chi connectivity index (χ4v) is 3.03. The maximum absolute atomic E-state index is 3.71. The molecule has 1 aliphatic heterocycles. The Morgan fingerprint density at radius 2 is 1.95 bits per heavy atom. The van der Waals surface area contributed by atoms with E-state index in [0.717, 1.165) is 13.1 Å². The van der Waals surface area contributed by atoms with Crippen molar-refractivity contribution in [2.45, 2.75) is 39.7 Å².